The zero-order valence-electron chi connectivity index (χ0n) is 11.7. The number of nitrogens with two attached hydrogens (primary N) is 1. The number of benzene rings is 1. The molecule has 7 heteroatoms. The maximum Gasteiger partial charge on any atom is 0.340 e. The fraction of sp³-hybridized carbons (Fsp3) is 0.385. The Labute approximate surface area is 122 Å². The number of ether oxygens (including phenoxy) is 1. The summed E-state index contributed by atoms with van der Waals surface area (Å²) < 4.78 is 4.94. The molecule has 0 unspecified atom stereocenters. The third-order valence-electron chi connectivity index (χ3n) is 2.52. The highest BCUT2D eigenvalue weighted by molar-refractivity contribution is 6.34. The van der Waals surface area contributed by atoms with Gasteiger partial charge in [-0.3, -0.25) is 4.79 Å². The van der Waals surface area contributed by atoms with Crippen molar-refractivity contribution < 1.29 is 14.3 Å². The molecule has 1 aromatic rings. The van der Waals surface area contributed by atoms with Crippen molar-refractivity contribution in [3.63, 3.8) is 0 Å². The Balaban J connectivity index is 3.04. The molecule has 0 saturated heterocycles. The molecule has 0 spiro atoms. The van der Waals surface area contributed by atoms with Crippen molar-refractivity contribution in [1.82, 2.24) is 4.90 Å². The Bertz CT molecular complexity index is 518. The number of amides is 1. The standard InChI is InChI=1S/C13H18ClN3O3/c1-4-20-13(19)9-5-8(15)6-10(14)12(9)16-7-11(18)17(2)3/h5-6,16H,4,7,15H2,1-3H3. The zero-order chi connectivity index (χ0) is 15.3. The van der Waals surface area contributed by atoms with Crippen LogP contribution in [0.4, 0.5) is 11.4 Å². The molecule has 0 saturated carbocycles. The number of anilines is 2. The van der Waals surface area contributed by atoms with E-state index >= 15 is 0 Å². The fourth-order valence-electron chi connectivity index (χ4n) is 1.50. The lowest BCUT2D eigenvalue weighted by Crippen LogP contribution is -2.29. The number of likely N-dealkylation sites (N-methyl/N-ethyl adjacent to an activating group) is 1. The molecule has 1 aromatic carbocycles. The number of carbonyl (C=O) groups is 2. The van der Waals surface area contributed by atoms with Crippen molar-refractivity contribution >= 4 is 34.9 Å². The molecule has 0 aromatic heterocycles. The number of rotatable bonds is 5. The largest absolute Gasteiger partial charge is 0.462 e. The molecule has 3 N–H and O–H groups in total. The quantitative estimate of drug-likeness (QED) is 0.637. The Hall–Kier alpha value is -1.95. The van der Waals surface area contributed by atoms with Crippen molar-refractivity contribution in [3.8, 4) is 0 Å². The zero-order valence-corrected chi connectivity index (χ0v) is 12.5. The number of nitrogens with one attached hydrogen (secondary N) is 1. The summed E-state index contributed by atoms with van der Waals surface area (Å²) in [6.07, 6.45) is 0. The first-order valence-corrected chi connectivity index (χ1v) is 6.44. The molecule has 0 fully saturated rings. The van der Waals surface area contributed by atoms with Crippen molar-refractivity contribution in [2.75, 3.05) is 38.3 Å². The third-order valence-corrected chi connectivity index (χ3v) is 2.82. The molecule has 0 radical (unpaired) electrons. The van der Waals surface area contributed by atoms with Crippen LogP contribution in [0, 0.1) is 0 Å². The highest BCUT2D eigenvalue weighted by Crippen LogP contribution is 2.29. The molecule has 0 aliphatic carbocycles. The molecular weight excluding hydrogens is 282 g/mol. The average Bonchev–Trinajstić information content (AvgIpc) is 2.36. The van der Waals surface area contributed by atoms with E-state index in [4.69, 9.17) is 22.1 Å². The van der Waals surface area contributed by atoms with Gasteiger partial charge >= 0.3 is 5.97 Å². The van der Waals surface area contributed by atoms with E-state index in [1.54, 1.807) is 21.0 Å². The first kappa shape index (κ1) is 16.1. The predicted molar refractivity (Wildman–Crippen MR) is 79.0 cm³/mol. The lowest BCUT2D eigenvalue weighted by atomic mass is 10.1. The van der Waals surface area contributed by atoms with E-state index in [1.807, 2.05) is 0 Å². The second-order valence-corrected chi connectivity index (χ2v) is 4.69. The van der Waals surface area contributed by atoms with Gasteiger partial charge in [0, 0.05) is 19.8 Å². The number of carbonyl (C=O) groups excluding carboxylic acids is 2. The van der Waals surface area contributed by atoms with Crippen molar-refractivity contribution in [3.05, 3.63) is 22.7 Å². The van der Waals surface area contributed by atoms with Crippen LogP contribution in [0.15, 0.2) is 12.1 Å². The summed E-state index contributed by atoms with van der Waals surface area (Å²) in [7, 11) is 3.28. The molecule has 0 bridgehead atoms. The van der Waals surface area contributed by atoms with E-state index in [2.05, 4.69) is 5.32 Å². The summed E-state index contributed by atoms with van der Waals surface area (Å²) in [6, 6.07) is 2.97. The van der Waals surface area contributed by atoms with E-state index in [0.717, 1.165) is 0 Å². The molecule has 0 aliphatic heterocycles. The second-order valence-electron chi connectivity index (χ2n) is 4.29. The highest BCUT2D eigenvalue weighted by Gasteiger charge is 2.17. The van der Waals surface area contributed by atoms with Gasteiger partial charge in [-0.05, 0) is 19.1 Å². The summed E-state index contributed by atoms with van der Waals surface area (Å²) >= 11 is 6.07. The van der Waals surface area contributed by atoms with E-state index in [0.29, 0.717) is 11.4 Å². The van der Waals surface area contributed by atoms with Crippen molar-refractivity contribution in [2.24, 2.45) is 0 Å². The van der Waals surface area contributed by atoms with Crippen LogP contribution in [0.3, 0.4) is 0 Å². The number of halogens is 1. The van der Waals surface area contributed by atoms with Gasteiger partial charge in [0.15, 0.2) is 0 Å². The molecular formula is C13H18ClN3O3. The van der Waals surface area contributed by atoms with E-state index in [-0.39, 0.29) is 29.6 Å². The Morgan fingerprint density at radius 2 is 2.05 bits per heavy atom. The average molecular weight is 300 g/mol. The molecule has 6 nitrogen and oxygen atoms in total. The SMILES string of the molecule is CCOC(=O)c1cc(N)cc(Cl)c1NCC(=O)N(C)C. The van der Waals surface area contributed by atoms with Crippen LogP contribution < -0.4 is 11.1 Å². The minimum Gasteiger partial charge on any atom is -0.462 e. The highest BCUT2D eigenvalue weighted by atomic mass is 35.5. The molecule has 110 valence electrons. The predicted octanol–water partition coefficient (Wildman–Crippen LogP) is 1.60. The summed E-state index contributed by atoms with van der Waals surface area (Å²) in [6.45, 7) is 1.96. The van der Waals surface area contributed by atoms with Crippen molar-refractivity contribution in [2.45, 2.75) is 6.92 Å². The molecule has 0 aliphatic rings. The maximum absolute atomic E-state index is 11.9. The summed E-state index contributed by atoms with van der Waals surface area (Å²) in [5.74, 6) is -0.686. The molecule has 0 atom stereocenters. The van der Waals surface area contributed by atoms with Crippen LogP contribution in [0.2, 0.25) is 5.02 Å². The topological polar surface area (TPSA) is 84.7 Å². The summed E-state index contributed by atoms with van der Waals surface area (Å²) in [5.41, 5.74) is 6.57. The van der Waals surface area contributed by atoms with Crippen LogP contribution in [-0.4, -0.2) is 44.0 Å². The van der Waals surface area contributed by atoms with E-state index in [9.17, 15) is 9.59 Å². The van der Waals surface area contributed by atoms with Crippen LogP contribution in [0.5, 0.6) is 0 Å². The molecule has 20 heavy (non-hydrogen) atoms. The smallest absolute Gasteiger partial charge is 0.340 e. The van der Waals surface area contributed by atoms with Crippen LogP contribution in [0.1, 0.15) is 17.3 Å². The first-order valence-electron chi connectivity index (χ1n) is 6.07. The molecule has 0 heterocycles. The Morgan fingerprint density at radius 3 is 2.60 bits per heavy atom. The van der Waals surface area contributed by atoms with Gasteiger partial charge in [0.1, 0.15) is 0 Å². The van der Waals surface area contributed by atoms with Gasteiger partial charge in [-0.2, -0.15) is 0 Å². The summed E-state index contributed by atoms with van der Waals surface area (Å²) in [5, 5.41) is 3.11. The van der Waals surface area contributed by atoms with Gasteiger partial charge < -0.3 is 20.7 Å². The van der Waals surface area contributed by atoms with Gasteiger partial charge in [-0.15, -0.1) is 0 Å². The first-order chi connectivity index (χ1) is 9.36. The second kappa shape index (κ2) is 7.00. The van der Waals surface area contributed by atoms with Gasteiger partial charge in [0.2, 0.25) is 5.91 Å². The van der Waals surface area contributed by atoms with Gasteiger partial charge in [0.25, 0.3) is 0 Å². The molecule has 1 rings (SSSR count). The lowest BCUT2D eigenvalue weighted by molar-refractivity contribution is -0.126. The maximum atomic E-state index is 11.9. The monoisotopic (exact) mass is 299 g/mol. The molecule has 1 amide bonds. The normalized spacial score (nSPS) is 10.0. The number of hydrogen-bond acceptors (Lipinski definition) is 5. The number of hydrogen-bond donors (Lipinski definition) is 2. The minimum absolute atomic E-state index is 0.0169. The minimum atomic E-state index is -0.540. The number of nitrogens with zero attached hydrogens (tertiary/aromatic N) is 1. The van der Waals surface area contributed by atoms with Crippen LogP contribution >= 0.6 is 11.6 Å². The van der Waals surface area contributed by atoms with Gasteiger partial charge in [-0.25, -0.2) is 4.79 Å². The van der Waals surface area contributed by atoms with E-state index in [1.165, 1.54) is 17.0 Å². The van der Waals surface area contributed by atoms with Crippen LogP contribution in [0.25, 0.3) is 0 Å². The third kappa shape index (κ3) is 4.03. The van der Waals surface area contributed by atoms with Crippen LogP contribution in [-0.2, 0) is 9.53 Å². The van der Waals surface area contributed by atoms with Crippen molar-refractivity contribution in [1.29, 1.82) is 0 Å². The van der Waals surface area contributed by atoms with E-state index < -0.39 is 5.97 Å². The number of nitrogen functional groups attached to an aromatic ring is 1. The Kier molecular flexibility index (Phi) is 5.64. The van der Waals surface area contributed by atoms with Gasteiger partial charge in [0.05, 0.1) is 29.4 Å². The lowest BCUT2D eigenvalue weighted by Gasteiger charge is -2.16. The number of esters is 1. The summed E-state index contributed by atoms with van der Waals surface area (Å²) in [4.78, 5) is 24.9. The fourth-order valence-corrected chi connectivity index (χ4v) is 1.79. The Morgan fingerprint density at radius 1 is 1.40 bits per heavy atom. The van der Waals surface area contributed by atoms with Gasteiger partial charge in [-0.1, -0.05) is 11.6 Å².